The van der Waals surface area contributed by atoms with Gasteiger partial charge in [-0.15, -0.1) is 0 Å². The highest BCUT2D eigenvalue weighted by atomic mass is 16.4. The van der Waals surface area contributed by atoms with Crippen LogP contribution in [0.4, 0.5) is 0 Å². The molecule has 0 atom stereocenters. The van der Waals surface area contributed by atoms with Gasteiger partial charge in [-0.3, -0.25) is 0 Å². The highest BCUT2D eigenvalue weighted by molar-refractivity contribution is 6.34. The van der Waals surface area contributed by atoms with Crippen LogP contribution in [0.3, 0.4) is 0 Å². The van der Waals surface area contributed by atoms with Crippen molar-refractivity contribution in [2.24, 2.45) is 5.10 Å². The molecule has 0 rings (SSSR count). The second-order valence-electron chi connectivity index (χ2n) is 1.23. The summed E-state index contributed by atoms with van der Waals surface area (Å²) in [6, 6.07) is 0. The summed E-state index contributed by atoms with van der Waals surface area (Å²) in [5, 5.41) is 11.5. The minimum absolute atomic E-state index is 0.0625. The fourth-order valence-electron chi connectivity index (χ4n) is 0.216. The van der Waals surface area contributed by atoms with Crippen LogP contribution in [0.5, 0.6) is 0 Å². The molecule has 0 aliphatic heterocycles. The van der Waals surface area contributed by atoms with Crippen molar-refractivity contribution in [1.82, 2.24) is 5.43 Å². The first-order valence-corrected chi connectivity index (χ1v) is 2.12. The predicted octanol–water partition coefficient (Wildman–Crippen LogP) is -0.334. The fraction of sp³-hybridized carbons (Fsp3) is 0.500. The van der Waals surface area contributed by atoms with Gasteiger partial charge in [-0.2, -0.15) is 5.10 Å². The average Bonchev–Trinajstić information content (AvgIpc) is 1.67. The molecule has 0 saturated carbocycles. The van der Waals surface area contributed by atoms with E-state index in [9.17, 15) is 4.79 Å². The summed E-state index contributed by atoms with van der Waals surface area (Å²) in [7, 11) is 1.55. The van der Waals surface area contributed by atoms with Crippen LogP contribution in [0.1, 0.15) is 6.92 Å². The number of nitrogens with one attached hydrogen (secondary N) is 1. The topological polar surface area (TPSA) is 61.7 Å². The molecule has 0 spiro atoms. The van der Waals surface area contributed by atoms with Gasteiger partial charge in [-0.05, 0) is 6.92 Å². The lowest BCUT2D eigenvalue weighted by Crippen LogP contribution is -2.11. The van der Waals surface area contributed by atoms with Crippen molar-refractivity contribution >= 4 is 11.7 Å². The predicted molar refractivity (Wildman–Crippen MR) is 29.8 cm³/mol. The van der Waals surface area contributed by atoms with Gasteiger partial charge in [-0.25, -0.2) is 4.79 Å². The van der Waals surface area contributed by atoms with Crippen LogP contribution >= 0.6 is 0 Å². The lowest BCUT2D eigenvalue weighted by Gasteiger charge is -1.88. The van der Waals surface area contributed by atoms with Gasteiger partial charge >= 0.3 is 5.97 Å². The van der Waals surface area contributed by atoms with Gasteiger partial charge in [0.25, 0.3) is 0 Å². The van der Waals surface area contributed by atoms with Crippen molar-refractivity contribution in [2.75, 3.05) is 7.05 Å². The van der Waals surface area contributed by atoms with E-state index < -0.39 is 5.97 Å². The number of hydrogen-bond donors (Lipinski definition) is 2. The van der Waals surface area contributed by atoms with Crippen molar-refractivity contribution in [3.8, 4) is 0 Å². The lowest BCUT2D eigenvalue weighted by atomic mass is 10.4. The van der Waals surface area contributed by atoms with Gasteiger partial charge in [0.2, 0.25) is 0 Å². The zero-order valence-electron chi connectivity index (χ0n) is 4.80. The van der Waals surface area contributed by atoms with Crippen molar-refractivity contribution < 1.29 is 9.90 Å². The summed E-state index contributed by atoms with van der Waals surface area (Å²) in [6.07, 6.45) is 0. The zero-order chi connectivity index (χ0) is 6.57. The molecule has 0 radical (unpaired) electrons. The second kappa shape index (κ2) is 3.01. The molecule has 0 saturated heterocycles. The molecule has 8 heavy (non-hydrogen) atoms. The van der Waals surface area contributed by atoms with Crippen LogP contribution in [-0.2, 0) is 4.79 Å². The average molecular weight is 116 g/mol. The molecule has 0 aromatic rings. The van der Waals surface area contributed by atoms with Crippen molar-refractivity contribution in [1.29, 1.82) is 0 Å². The number of nitrogens with zero attached hydrogens (tertiary/aromatic N) is 1. The van der Waals surface area contributed by atoms with Gasteiger partial charge in [0, 0.05) is 7.05 Å². The molecule has 4 heteroatoms. The molecule has 0 aliphatic carbocycles. The molecule has 0 aromatic carbocycles. The maximum atomic E-state index is 9.92. The van der Waals surface area contributed by atoms with Crippen LogP contribution in [0.15, 0.2) is 5.10 Å². The number of hydrazone groups is 1. The Morgan fingerprint density at radius 1 is 1.75 bits per heavy atom. The van der Waals surface area contributed by atoms with E-state index in [1.807, 2.05) is 0 Å². The first-order valence-electron chi connectivity index (χ1n) is 2.12. The van der Waals surface area contributed by atoms with E-state index >= 15 is 0 Å². The highest BCUT2D eigenvalue weighted by Gasteiger charge is 1.98. The van der Waals surface area contributed by atoms with Crippen LogP contribution in [0.2, 0.25) is 0 Å². The standard InChI is InChI=1S/C4H8N2O2/c1-3(4(7)8)6-5-2/h5H,1-2H3,(H,7,8)/b6-3-. The van der Waals surface area contributed by atoms with Gasteiger partial charge < -0.3 is 10.5 Å². The number of rotatable bonds is 2. The van der Waals surface area contributed by atoms with Crippen LogP contribution < -0.4 is 5.43 Å². The van der Waals surface area contributed by atoms with E-state index in [0.29, 0.717) is 0 Å². The van der Waals surface area contributed by atoms with Gasteiger partial charge in [0.05, 0.1) is 0 Å². The maximum Gasteiger partial charge on any atom is 0.351 e. The third-order valence-corrected chi connectivity index (χ3v) is 0.589. The Kier molecular flexibility index (Phi) is 2.61. The Morgan fingerprint density at radius 2 is 2.25 bits per heavy atom. The van der Waals surface area contributed by atoms with E-state index in [1.54, 1.807) is 7.05 Å². The molecule has 4 nitrogen and oxygen atoms in total. The van der Waals surface area contributed by atoms with E-state index in [2.05, 4.69) is 10.5 Å². The molecule has 0 heterocycles. The summed E-state index contributed by atoms with van der Waals surface area (Å²) >= 11 is 0. The minimum atomic E-state index is -1.00. The largest absolute Gasteiger partial charge is 0.477 e. The quantitative estimate of drug-likeness (QED) is 0.383. The molecule has 0 amide bonds. The van der Waals surface area contributed by atoms with Crippen LogP contribution in [-0.4, -0.2) is 23.8 Å². The monoisotopic (exact) mass is 116 g/mol. The van der Waals surface area contributed by atoms with E-state index in [0.717, 1.165) is 0 Å². The Hall–Kier alpha value is -1.06. The molecule has 0 aliphatic rings. The van der Waals surface area contributed by atoms with E-state index in [1.165, 1.54) is 6.92 Å². The van der Waals surface area contributed by atoms with E-state index in [4.69, 9.17) is 5.11 Å². The van der Waals surface area contributed by atoms with Crippen LogP contribution in [0.25, 0.3) is 0 Å². The third kappa shape index (κ3) is 2.17. The molecule has 2 N–H and O–H groups in total. The summed E-state index contributed by atoms with van der Waals surface area (Å²) in [6.45, 7) is 1.42. The Morgan fingerprint density at radius 3 is 2.38 bits per heavy atom. The normalized spacial score (nSPS) is 11.0. The number of hydrogen-bond acceptors (Lipinski definition) is 3. The van der Waals surface area contributed by atoms with Crippen molar-refractivity contribution in [2.45, 2.75) is 6.92 Å². The molecule has 0 fully saturated rings. The number of carboxylic acid groups (broad SMARTS) is 1. The summed E-state index contributed by atoms with van der Waals surface area (Å²) in [5.74, 6) is -1.00. The third-order valence-electron chi connectivity index (χ3n) is 0.589. The summed E-state index contributed by atoms with van der Waals surface area (Å²) in [5.41, 5.74) is 2.42. The van der Waals surface area contributed by atoms with Gasteiger partial charge in [-0.1, -0.05) is 0 Å². The Labute approximate surface area is 47.2 Å². The molecular weight excluding hydrogens is 108 g/mol. The smallest absolute Gasteiger partial charge is 0.351 e. The number of carboxylic acids is 1. The summed E-state index contributed by atoms with van der Waals surface area (Å²) < 4.78 is 0. The Bertz CT molecular complexity index is 119. The second-order valence-corrected chi connectivity index (χ2v) is 1.23. The molecule has 0 aromatic heterocycles. The number of carbonyl (C=O) groups is 1. The van der Waals surface area contributed by atoms with E-state index in [-0.39, 0.29) is 5.71 Å². The lowest BCUT2D eigenvalue weighted by molar-refractivity contribution is -0.129. The summed E-state index contributed by atoms with van der Waals surface area (Å²) in [4.78, 5) is 9.92. The maximum absolute atomic E-state index is 9.92. The van der Waals surface area contributed by atoms with Gasteiger partial charge in [0.15, 0.2) is 0 Å². The first kappa shape index (κ1) is 6.94. The highest BCUT2D eigenvalue weighted by Crippen LogP contribution is 1.70. The molecule has 0 bridgehead atoms. The zero-order valence-corrected chi connectivity index (χ0v) is 4.80. The molecule has 0 unspecified atom stereocenters. The van der Waals surface area contributed by atoms with Gasteiger partial charge in [0.1, 0.15) is 5.71 Å². The molecule has 46 valence electrons. The Balaban J connectivity index is 3.80. The SMILES string of the molecule is CN/N=C(/C)C(=O)O. The van der Waals surface area contributed by atoms with Crippen molar-refractivity contribution in [3.63, 3.8) is 0 Å². The van der Waals surface area contributed by atoms with Crippen LogP contribution in [0, 0.1) is 0 Å². The minimum Gasteiger partial charge on any atom is -0.477 e. The fourth-order valence-corrected chi connectivity index (χ4v) is 0.216. The first-order chi connectivity index (χ1) is 3.68. The molecular formula is C4H8N2O2. The number of aliphatic carboxylic acids is 1. The van der Waals surface area contributed by atoms with Crippen molar-refractivity contribution in [3.05, 3.63) is 0 Å².